The molecule has 55 heavy (non-hydrogen) atoms. The minimum atomic E-state index is -1.08. The van der Waals surface area contributed by atoms with Crippen LogP contribution in [0.3, 0.4) is 0 Å². The van der Waals surface area contributed by atoms with Crippen molar-refractivity contribution >= 4 is 93.7 Å². The van der Waals surface area contributed by atoms with Crippen molar-refractivity contribution in [2.75, 3.05) is 0 Å². The second-order valence-corrected chi connectivity index (χ2v) is 13.6. The van der Waals surface area contributed by atoms with Crippen molar-refractivity contribution in [3.63, 3.8) is 0 Å². The maximum Gasteiger partial charge on any atom is 2.00 e. The standard InChI is InChI=1S/C25H23N3S2.C12H8N2O4.2CNS.Ru/c1-17-3-6-21(29-17)7-4-19-11-13-27-23(15-19)24-16-20(12-14-28-24)5-8-22-9-10-25(30-22)18(2)26;15-11(16)7-1-3-13-9(5-7)10-6-8(12(17)18)2-4-14-10;2*2-1-3;/h3-16,18H,26H2,1-2H3;1-6H,(H,15,16)(H,17,18);;;/q;;2*-1;+2/b7-4+,8-5+;;;;. The van der Waals surface area contributed by atoms with Crippen molar-refractivity contribution in [1.82, 2.24) is 19.9 Å². The summed E-state index contributed by atoms with van der Waals surface area (Å²) >= 11 is 10.9. The number of isothiocyanates is 2. The minimum Gasteiger partial charge on any atom is -0.753 e. The zero-order valence-corrected chi connectivity index (χ0v) is 34.1. The van der Waals surface area contributed by atoms with E-state index in [4.69, 9.17) is 26.8 Å². The molecule has 4 N–H and O–H groups in total. The molecule has 0 aromatic carbocycles. The summed E-state index contributed by atoms with van der Waals surface area (Å²) in [6.45, 7) is 4.13. The second kappa shape index (κ2) is 24.1. The van der Waals surface area contributed by atoms with Crippen LogP contribution in [-0.4, -0.2) is 52.4 Å². The Morgan fingerprint density at radius 2 is 1.05 bits per heavy atom. The number of nitrogens with zero attached hydrogens (tertiary/aromatic N) is 6. The fraction of sp³-hybridized carbons (Fsp3) is 0.0769. The summed E-state index contributed by atoms with van der Waals surface area (Å²) in [5.41, 5.74) is 10.7. The number of thiocarbonyl (C=S) groups is 2. The Hall–Kier alpha value is -5.40. The molecule has 0 saturated carbocycles. The predicted octanol–water partition coefficient (Wildman–Crippen LogP) is 9.79. The number of rotatable bonds is 9. The van der Waals surface area contributed by atoms with Crippen LogP contribution in [0, 0.1) is 6.92 Å². The van der Waals surface area contributed by atoms with E-state index >= 15 is 0 Å². The Morgan fingerprint density at radius 3 is 1.42 bits per heavy atom. The molecule has 0 bridgehead atoms. The van der Waals surface area contributed by atoms with Gasteiger partial charge >= 0.3 is 31.4 Å². The molecule has 1 atom stereocenters. The molecule has 6 rings (SSSR count). The van der Waals surface area contributed by atoms with Gasteiger partial charge in [-0.25, -0.2) is 9.59 Å². The summed E-state index contributed by atoms with van der Waals surface area (Å²) in [6.07, 6.45) is 14.8. The van der Waals surface area contributed by atoms with E-state index in [0.29, 0.717) is 11.4 Å². The summed E-state index contributed by atoms with van der Waals surface area (Å²) < 4.78 is 0. The van der Waals surface area contributed by atoms with Crippen molar-refractivity contribution in [3.05, 3.63) is 150 Å². The number of thiophene rings is 2. The van der Waals surface area contributed by atoms with E-state index in [0.717, 1.165) is 22.5 Å². The van der Waals surface area contributed by atoms with E-state index in [1.54, 1.807) is 22.7 Å². The van der Waals surface area contributed by atoms with Crippen LogP contribution in [0.25, 0.3) is 57.9 Å². The number of aromatic nitrogens is 4. The number of nitrogens with two attached hydrogens (primary N) is 1. The van der Waals surface area contributed by atoms with Gasteiger partial charge in [0.2, 0.25) is 0 Å². The summed E-state index contributed by atoms with van der Waals surface area (Å²) in [4.78, 5) is 43.6. The van der Waals surface area contributed by atoms with E-state index < -0.39 is 11.9 Å². The van der Waals surface area contributed by atoms with Crippen LogP contribution < -0.4 is 5.73 Å². The van der Waals surface area contributed by atoms with Gasteiger partial charge in [-0.2, -0.15) is 10.3 Å². The van der Waals surface area contributed by atoms with Crippen molar-refractivity contribution in [2.24, 2.45) is 5.73 Å². The van der Waals surface area contributed by atoms with Gasteiger partial charge < -0.3 is 26.8 Å². The van der Waals surface area contributed by atoms with Crippen LogP contribution in [0.1, 0.15) is 64.3 Å². The first-order valence-electron chi connectivity index (χ1n) is 15.6. The van der Waals surface area contributed by atoms with Gasteiger partial charge in [0.05, 0.1) is 33.9 Å². The van der Waals surface area contributed by atoms with Gasteiger partial charge in [-0.1, -0.05) is 36.6 Å². The van der Waals surface area contributed by atoms with E-state index in [2.05, 4.69) is 112 Å². The van der Waals surface area contributed by atoms with Crippen molar-refractivity contribution in [3.8, 4) is 22.8 Å². The summed E-state index contributed by atoms with van der Waals surface area (Å²) in [6, 6.07) is 22.1. The third-order valence-electron chi connectivity index (χ3n) is 6.84. The number of carboxylic acid groups (broad SMARTS) is 2. The van der Waals surface area contributed by atoms with Crippen molar-refractivity contribution in [2.45, 2.75) is 19.9 Å². The first kappa shape index (κ1) is 45.8. The Morgan fingerprint density at radius 1 is 0.673 bits per heavy atom. The molecule has 0 aliphatic rings. The fourth-order valence-corrected chi connectivity index (χ4v) is 6.04. The zero-order chi connectivity index (χ0) is 39.5. The van der Waals surface area contributed by atoms with Gasteiger partial charge in [-0.05, 0) is 110 Å². The quantitative estimate of drug-likeness (QED) is 0.0710. The molecule has 0 saturated heterocycles. The number of hydrogen-bond donors (Lipinski definition) is 3. The SMILES string of the molecule is Cc1ccc(/C=C/c2ccnc(-c3cc(/C=C/c4ccc(C(C)N)s4)ccn3)c2)s1.O=C(O)c1ccnc(-c2cc(C(=O)O)ccn2)c1.[N-]=C=S.[N-]=C=S.[Ru+2]. The third-order valence-corrected chi connectivity index (χ3v) is 9.06. The maximum absolute atomic E-state index is 10.8. The van der Waals surface area contributed by atoms with Crippen LogP contribution in [0.5, 0.6) is 0 Å². The molecule has 11 nitrogen and oxygen atoms in total. The van der Waals surface area contributed by atoms with Gasteiger partial charge in [-0.15, -0.1) is 22.7 Å². The molecule has 0 aliphatic heterocycles. The Bertz CT molecular complexity index is 2260. The maximum atomic E-state index is 10.8. The Balaban J connectivity index is 0.000000357. The number of carboxylic acids is 2. The molecule has 0 aliphatic carbocycles. The topological polar surface area (TPSA) is 197 Å². The van der Waals surface area contributed by atoms with Crippen LogP contribution in [0.15, 0.2) is 97.6 Å². The van der Waals surface area contributed by atoms with Gasteiger partial charge in [-0.3, -0.25) is 19.9 Å². The normalized spacial score (nSPS) is 10.5. The van der Waals surface area contributed by atoms with E-state index in [1.165, 1.54) is 66.5 Å². The average Bonchev–Trinajstić information content (AvgIpc) is 3.83. The van der Waals surface area contributed by atoms with Crippen LogP contribution >= 0.6 is 47.1 Å². The molecule has 0 fully saturated rings. The summed E-state index contributed by atoms with van der Waals surface area (Å²) in [7, 11) is 0. The summed E-state index contributed by atoms with van der Waals surface area (Å²) in [5, 5.41) is 34.6. The first-order valence-corrected chi connectivity index (χ1v) is 18.0. The molecule has 278 valence electrons. The Kier molecular flexibility index (Phi) is 20.1. The van der Waals surface area contributed by atoms with Gasteiger partial charge in [0.1, 0.15) is 0 Å². The smallest absolute Gasteiger partial charge is 0.753 e. The van der Waals surface area contributed by atoms with Gasteiger partial charge in [0, 0.05) is 50.3 Å². The number of aromatic carboxylic acids is 2. The van der Waals surface area contributed by atoms with E-state index in [9.17, 15) is 9.59 Å². The number of aryl methyl sites for hydroxylation is 1. The molecule has 1 unspecified atom stereocenters. The number of hydrogen-bond acceptors (Lipinski definition) is 11. The number of carbonyl (C=O) groups is 2. The molecule has 0 radical (unpaired) electrons. The van der Waals surface area contributed by atoms with Crippen LogP contribution in [0.2, 0.25) is 0 Å². The molecule has 0 amide bonds. The molecule has 16 heteroatoms. The second-order valence-electron chi connectivity index (χ2n) is 10.7. The Labute approximate surface area is 349 Å². The molecule has 6 heterocycles. The van der Waals surface area contributed by atoms with Crippen molar-refractivity contribution < 1.29 is 39.3 Å². The molecular formula is C39H31N7O4RuS4. The first-order chi connectivity index (χ1) is 26.0. The van der Waals surface area contributed by atoms with E-state index in [-0.39, 0.29) is 36.6 Å². The van der Waals surface area contributed by atoms with Crippen molar-refractivity contribution in [1.29, 1.82) is 0 Å². The number of pyridine rings is 4. The minimum absolute atomic E-state index is 0. The fourth-order valence-electron chi connectivity index (χ4n) is 4.39. The monoisotopic (exact) mass is 891 g/mol. The zero-order valence-electron chi connectivity index (χ0n) is 29.1. The predicted molar refractivity (Wildman–Crippen MR) is 225 cm³/mol. The van der Waals surface area contributed by atoms with E-state index in [1.807, 2.05) is 31.5 Å². The molecule has 6 aromatic rings. The summed E-state index contributed by atoms with van der Waals surface area (Å²) in [5.74, 6) is -2.15. The van der Waals surface area contributed by atoms with Gasteiger partial charge in [0.15, 0.2) is 0 Å². The molecular weight excluding hydrogens is 860 g/mol. The molecule has 6 aromatic heterocycles. The third kappa shape index (κ3) is 15.5. The largest absolute Gasteiger partial charge is 2.00 e. The average molecular weight is 891 g/mol. The molecule has 0 spiro atoms. The van der Waals surface area contributed by atoms with Gasteiger partial charge in [0.25, 0.3) is 0 Å². The van der Waals surface area contributed by atoms with Crippen LogP contribution in [-0.2, 0) is 19.5 Å². The van der Waals surface area contributed by atoms with Crippen LogP contribution in [0.4, 0.5) is 0 Å².